The van der Waals surface area contributed by atoms with E-state index in [0.717, 1.165) is 5.56 Å². The molecule has 0 aliphatic heterocycles. The number of aryl methyl sites for hydroxylation is 1. The summed E-state index contributed by atoms with van der Waals surface area (Å²) in [6.45, 7) is 5.84. The van der Waals surface area contributed by atoms with Gasteiger partial charge in [0, 0.05) is 23.4 Å². The van der Waals surface area contributed by atoms with Gasteiger partial charge in [-0.25, -0.2) is 8.42 Å². The maximum Gasteiger partial charge on any atom is 0.261 e. The maximum absolute atomic E-state index is 12.3. The van der Waals surface area contributed by atoms with E-state index in [9.17, 15) is 13.2 Å². The predicted molar refractivity (Wildman–Crippen MR) is 82.4 cm³/mol. The summed E-state index contributed by atoms with van der Waals surface area (Å²) in [5, 5.41) is 2.83. The van der Waals surface area contributed by atoms with Gasteiger partial charge < -0.3 is 10.1 Å². The molecule has 0 spiro atoms. The quantitative estimate of drug-likeness (QED) is 0.811. The van der Waals surface area contributed by atoms with Crippen LogP contribution in [0.5, 0.6) is 0 Å². The first-order chi connectivity index (χ1) is 9.70. The minimum Gasteiger partial charge on any atom is -0.383 e. The third kappa shape index (κ3) is 4.69. The van der Waals surface area contributed by atoms with E-state index < -0.39 is 9.05 Å². The van der Waals surface area contributed by atoms with Crippen LogP contribution in [-0.2, 0) is 13.8 Å². The first-order valence-electron chi connectivity index (χ1n) is 6.56. The number of hydrogen-bond donors (Lipinski definition) is 1. The van der Waals surface area contributed by atoms with Crippen LogP contribution in [0.3, 0.4) is 0 Å². The number of halogens is 1. The minimum atomic E-state index is -3.87. The predicted octanol–water partition coefficient (Wildman–Crippen LogP) is 2.39. The largest absolute Gasteiger partial charge is 0.383 e. The van der Waals surface area contributed by atoms with Crippen LogP contribution >= 0.6 is 10.7 Å². The molecule has 0 aliphatic rings. The van der Waals surface area contributed by atoms with Gasteiger partial charge in [-0.3, -0.25) is 4.79 Å². The molecule has 0 fully saturated rings. The molecule has 0 aliphatic carbocycles. The van der Waals surface area contributed by atoms with Crippen LogP contribution in [-0.4, -0.2) is 34.1 Å². The van der Waals surface area contributed by atoms with E-state index in [4.69, 9.17) is 15.4 Å². The lowest BCUT2D eigenvalue weighted by Crippen LogP contribution is -2.38. The van der Waals surface area contributed by atoms with Gasteiger partial charge >= 0.3 is 0 Å². The van der Waals surface area contributed by atoms with Crippen molar-refractivity contribution in [3.63, 3.8) is 0 Å². The number of amides is 1. The zero-order valence-electron chi connectivity index (χ0n) is 12.6. The Bertz CT molecular complexity index is 628. The molecule has 1 unspecified atom stereocenters. The van der Waals surface area contributed by atoms with Gasteiger partial charge in [0.05, 0.1) is 17.5 Å². The number of methoxy groups -OCH3 is 1. The molecule has 1 N–H and O–H groups in total. The van der Waals surface area contributed by atoms with Gasteiger partial charge in [-0.2, -0.15) is 0 Å². The minimum absolute atomic E-state index is 0.0720. The SMILES string of the molecule is CCC(COC)NC(=O)c1cc(S(=O)(=O)Cl)cc(C)c1C. The molecule has 1 rings (SSSR count). The second kappa shape index (κ2) is 7.24. The van der Waals surface area contributed by atoms with Crippen molar-refractivity contribution in [2.45, 2.75) is 38.1 Å². The van der Waals surface area contributed by atoms with Gasteiger partial charge in [-0.1, -0.05) is 6.92 Å². The van der Waals surface area contributed by atoms with E-state index in [0.29, 0.717) is 24.2 Å². The Morgan fingerprint density at radius 3 is 2.48 bits per heavy atom. The van der Waals surface area contributed by atoms with Gasteiger partial charge in [-0.15, -0.1) is 0 Å². The lowest BCUT2D eigenvalue weighted by Gasteiger charge is -2.17. The number of rotatable bonds is 6. The number of hydrogen-bond acceptors (Lipinski definition) is 4. The summed E-state index contributed by atoms with van der Waals surface area (Å²) >= 11 is 0. The summed E-state index contributed by atoms with van der Waals surface area (Å²) in [5.74, 6) is -0.332. The standard InChI is InChI=1S/C14H20ClNO4S/c1-5-11(8-20-4)16-14(17)13-7-12(21(15,18)19)6-9(2)10(13)3/h6-7,11H,5,8H2,1-4H3,(H,16,17). The molecular weight excluding hydrogens is 314 g/mol. The summed E-state index contributed by atoms with van der Waals surface area (Å²) < 4.78 is 28.0. The van der Waals surface area contributed by atoms with Gasteiger partial charge in [-0.05, 0) is 43.5 Å². The van der Waals surface area contributed by atoms with Crippen LogP contribution in [0.15, 0.2) is 17.0 Å². The van der Waals surface area contributed by atoms with Crippen molar-refractivity contribution in [1.82, 2.24) is 5.32 Å². The van der Waals surface area contributed by atoms with Crippen molar-refractivity contribution in [3.05, 3.63) is 28.8 Å². The van der Waals surface area contributed by atoms with Crippen molar-refractivity contribution in [3.8, 4) is 0 Å². The molecule has 0 saturated carbocycles. The lowest BCUT2D eigenvalue weighted by atomic mass is 10.0. The third-order valence-corrected chi connectivity index (χ3v) is 4.70. The van der Waals surface area contributed by atoms with Gasteiger partial charge in [0.1, 0.15) is 0 Å². The summed E-state index contributed by atoms with van der Waals surface area (Å²) in [7, 11) is 3.05. The molecule has 21 heavy (non-hydrogen) atoms. The van der Waals surface area contributed by atoms with Crippen molar-refractivity contribution >= 4 is 25.6 Å². The van der Waals surface area contributed by atoms with Crippen LogP contribution in [0.4, 0.5) is 0 Å². The second-order valence-electron chi connectivity index (χ2n) is 4.88. The first kappa shape index (κ1) is 17.9. The highest BCUT2D eigenvalue weighted by Crippen LogP contribution is 2.22. The van der Waals surface area contributed by atoms with Crippen LogP contribution in [0.1, 0.15) is 34.8 Å². The van der Waals surface area contributed by atoms with E-state index in [2.05, 4.69) is 5.32 Å². The van der Waals surface area contributed by atoms with Crippen molar-refractivity contribution < 1.29 is 17.9 Å². The van der Waals surface area contributed by atoms with E-state index >= 15 is 0 Å². The molecular formula is C14H20ClNO4S. The number of nitrogens with one attached hydrogen (secondary N) is 1. The fourth-order valence-electron chi connectivity index (χ4n) is 1.93. The Kier molecular flexibility index (Phi) is 6.19. The highest BCUT2D eigenvalue weighted by Gasteiger charge is 2.19. The summed E-state index contributed by atoms with van der Waals surface area (Å²) in [4.78, 5) is 12.3. The molecule has 0 aromatic heterocycles. The molecule has 1 aromatic rings. The molecule has 5 nitrogen and oxygen atoms in total. The molecule has 1 aromatic carbocycles. The van der Waals surface area contributed by atoms with Gasteiger partial charge in [0.25, 0.3) is 15.0 Å². The molecule has 7 heteroatoms. The summed E-state index contributed by atoms with van der Waals surface area (Å²) in [5.41, 5.74) is 1.73. The Morgan fingerprint density at radius 2 is 2.00 bits per heavy atom. The normalized spacial score (nSPS) is 13.0. The topological polar surface area (TPSA) is 72.5 Å². The smallest absolute Gasteiger partial charge is 0.261 e. The van der Waals surface area contributed by atoms with Crippen molar-refractivity contribution in [2.75, 3.05) is 13.7 Å². The van der Waals surface area contributed by atoms with Gasteiger partial charge in [0.2, 0.25) is 0 Å². The number of carbonyl (C=O) groups is 1. The molecule has 1 atom stereocenters. The van der Waals surface area contributed by atoms with E-state index in [1.54, 1.807) is 21.0 Å². The summed E-state index contributed by atoms with van der Waals surface area (Å²) in [6.07, 6.45) is 0.713. The van der Waals surface area contributed by atoms with Crippen molar-refractivity contribution in [1.29, 1.82) is 0 Å². The second-order valence-corrected chi connectivity index (χ2v) is 7.45. The first-order valence-corrected chi connectivity index (χ1v) is 8.87. The van der Waals surface area contributed by atoms with Crippen molar-refractivity contribution in [2.24, 2.45) is 0 Å². The molecule has 1 amide bonds. The molecule has 0 heterocycles. The highest BCUT2D eigenvalue weighted by molar-refractivity contribution is 8.13. The van der Waals surface area contributed by atoms with E-state index in [1.165, 1.54) is 12.1 Å². The zero-order chi connectivity index (χ0) is 16.2. The molecule has 0 saturated heterocycles. The van der Waals surface area contributed by atoms with Crippen LogP contribution in [0, 0.1) is 13.8 Å². The Balaban J connectivity index is 3.17. The van der Waals surface area contributed by atoms with Crippen LogP contribution in [0.25, 0.3) is 0 Å². The molecule has 0 radical (unpaired) electrons. The number of ether oxygens (including phenoxy) is 1. The zero-order valence-corrected chi connectivity index (χ0v) is 14.1. The monoisotopic (exact) mass is 333 g/mol. The maximum atomic E-state index is 12.3. The highest BCUT2D eigenvalue weighted by atomic mass is 35.7. The van der Waals surface area contributed by atoms with E-state index in [1.807, 2.05) is 6.92 Å². The lowest BCUT2D eigenvalue weighted by molar-refractivity contribution is 0.0893. The fourth-order valence-corrected chi connectivity index (χ4v) is 2.77. The van der Waals surface area contributed by atoms with Crippen LogP contribution < -0.4 is 5.32 Å². The Morgan fingerprint density at radius 1 is 1.38 bits per heavy atom. The third-order valence-electron chi connectivity index (χ3n) is 3.36. The van der Waals surface area contributed by atoms with Gasteiger partial charge in [0.15, 0.2) is 0 Å². The Labute approximate surface area is 130 Å². The number of carbonyl (C=O) groups excluding carboxylic acids is 1. The molecule has 0 bridgehead atoms. The number of benzene rings is 1. The van der Waals surface area contributed by atoms with E-state index in [-0.39, 0.29) is 16.8 Å². The average molecular weight is 334 g/mol. The summed E-state index contributed by atoms with van der Waals surface area (Å²) in [6, 6.07) is 2.64. The Hall–Kier alpha value is -1.11. The van der Waals surface area contributed by atoms with Crippen LogP contribution in [0.2, 0.25) is 0 Å². The average Bonchev–Trinajstić information content (AvgIpc) is 2.39. The fraction of sp³-hybridized carbons (Fsp3) is 0.500. The molecule has 118 valence electrons.